The number of rotatable bonds is 9. The van der Waals surface area contributed by atoms with Crippen LogP contribution >= 0.6 is 15.9 Å². The van der Waals surface area contributed by atoms with Gasteiger partial charge in [0.25, 0.3) is 0 Å². The maximum atomic E-state index is 3.49. The van der Waals surface area contributed by atoms with Gasteiger partial charge in [0.1, 0.15) is 0 Å². The van der Waals surface area contributed by atoms with E-state index in [2.05, 4.69) is 72.9 Å². The Morgan fingerprint density at radius 3 is 2.05 bits per heavy atom. The van der Waals surface area contributed by atoms with E-state index in [1.807, 2.05) is 0 Å². The van der Waals surface area contributed by atoms with Crippen molar-refractivity contribution in [1.82, 2.24) is 4.90 Å². The lowest BCUT2D eigenvalue weighted by atomic mass is 9.78. The number of nitrogens with zero attached hydrogens (tertiary/aromatic N) is 1. The van der Waals surface area contributed by atoms with Crippen molar-refractivity contribution in [2.45, 2.75) is 59.4 Å². The molecule has 0 aliphatic rings. The van der Waals surface area contributed by atoms with Crippen LogP contribution in [0.4, 0.5) is 0 Å². The maximum Gasteiger partial charge on any atom is 0.0230 e. The minimum Gasteiger partial charge on any atom is -0.302 e. The van der Waals surface area contributed by atoms with Crippen molar-refractivity contribution in [3.8, 4) is 0 Å². The van der Waals surface area contributed by atoms with Gasteiger partial charge in [-0.15, -0.1) is 0 Å². The van der Waals surface area contributed by atoms with Gasteiger partial charge in [0, 0.05) is 11.0 Å². The van der Waals surface area contributed by atoms with E-state index in [-0.39, 0.29) is 0 Å². The Morgan fingerprint density at radius 2 is 1.55 bits per heavy atom. The zero-order valence-corrected chi connectivity index (χ0v) is 15.2. The summed E-state index contributed by atoms with van der Waals surface area (Å²) in [5.74, 6) is 0. The maximum absolute atomic E-state index is 3.49. The first-order valence-corrected chi connectivity index (χ1v) is 8.71. The van der Waals surface area contributed by atoms with Crippen LogP contribution in [0, 0.1) is 5.41 Å². The molecule has 1 rings (SSSR count). The molecule has 0 N–H and O–H groups in total. The van der Waals surface area contributed by atoms with Gasteiger partial charge in [-0.1, -0.05) is 61.7 Å². The summed E-state index contributed by atoms with van der Waals surface area (Å²) >= 11 is 3.49. The zero-order valence-electron chi connectivity index (χ0n) is 13.6. The van der Waals surface area contributed by atoms with Crippen LogP contribution in [0.5, 0.6) is 0 Å². The molecule has 0 aliphatic carbocycles. The van der Waals surface area contributed by atoms with Crippen molar-refractivity contribution in [3.05, 3.63) is 34.3 Å². The van der Waals surface area contributed by atoms with Gasteiger partial charge in [0.2, 0.25) is 0 Å². The molecule has 2 heteroatoms. The third-order valence-electron chi connectivity index (χ3n) is 4.17. The average Bonchev–Trinajstić information content (AvgIpc) is 2.40. The van der Waals surface area contributed by atoms with Gasteiger partial charge in [-0.05, 0) is 56.0 Å². The molecular formula is C18H30BrN. The molecular weight excluding hydrogens is 310 g/mol. The van der Waals surface area contributed by atoms with Crippen molar-refractivity contribution in [3.63, 3.8) is 0 Å². The summed E-state index contributed by atoms with van der Waals surface area (Å²) in [4.78, 5) is 2.45. The highest BCUT2D eigenvalue weighted by atomic mass is 79.9. The van der Waals surface area contributed by atoms with Gasteiger partial charge in [-0.3, -0.25) is 0 Å². The fourth-order valence-corrected chi connectivity index (χ4v) is 3.29. The summed E-state index contributed by atoms with van der Waals surface area (Å²) in [6.45, 7) is 9.31. The second kappa shape index (κ2) is 8.84. The van der Waals surface area contributed by atoms with Crippen LogP contribution in [0.3, 0.4) is 0 Å². The second-order valence-corrected chi connectivity index (χ2v) is 7.34. The highest BCUT2D eigenvalue weighted by molar-refractivity contribution is 9.10. The van der Waals surface area contributed by atoms with E-state index in [0.717, 1.165) is 11.0 Å². The normalized spacial score (nSPS) is 12.1. The lowest BCUT2D eigenvalue weighted by molar-refractivity contribution is 0.196. The zero-order chi connectivity index (χ0) is 15.0. The van der Waals surface area contributed by atoms with E-state index in [0.29, 0.717) is 5.41 Å². The molecule has 20 heavy (non-hydrogen) atoms. The van der Waals surface area contributed by atoms with Crippen molar-refractivity contribution < 1.29 is 0 Å². The molecule has 1 aromatic carbocycles. The summed E-state index contributed by atoms with van der Waals surface area (Å²) < 4.78 is 1.15. The van der Waals surface area contributed by atoms with E-state index in [9.17, 15) is 0 Å². The number of halogens is 1. The van der Waals surface area contributed by atoms with Gasteiger partial charge in [-0.25, -0.2) is 0 Å². The van der Waals surface area contributed by atoms with Crippen LogP contribution in [0.2, 0.25) is 0 Å². The van der Waals surface area contributed by atoms with Crippen LogP contribution in [-0.4, -0.2) is 18.5 Å². The Morgan fingerprint density at radius 1 is 1.00 bits per heavy atom. The Labute approximate surface area is 133 Å². The molecule has 0 fully saturated rings. The van der Waals surface area contributed by atoms with Crippen molar-refractivity contribution >= 4 is 15.9 Å². The van der Waals surface area contributed by atoms with E-state index in [4.69, 9.17) is 0 Å². The monoisotopic (exact) mass is 339 g/mol. The first-order valence-electron chi connectivity index (χ1n) is 7.92. The molecule has 0 heterocycles. The van der Waals surface area contributed by atoms with Gasteiger partial charge in [-0.2, -0.15) is 0 Å². The van der Waals surface area contributed by atoms with Crippen molar-refractivity contribution in [2.75, 3.05) is 13.6 Å². The summed E-state index contributed by atoms with van der Waals surface area (Å²) in [6.07, 6.45) is 6.61. The van der Waals surface area contributed by atoms with Crippen LogP contribution < -0.4 is 0 Å². The van der Waals surface area contributed by atoms with E-state index < -0.39 is 0 Å². The van der Waals surface area contributed by atoms with Crippen molar-refractivity contribution in [1.29, 1.82) is 0 Å². The molecule has 0 bridgehead atoms. The highest BCUT2D eigenvalue weighted by Crippen LogP contribution is 2.33. The number of hydrogen-bond donors (Lipinski definition) is 0. The molecule has 0 saturated heterocycles. The Bertz CT molecular complexity index is 366. The van der Waals surface area contributed by atoms with E-state index >= 15 is 0 Å². The standard InChI is InChI=1S/C18H30BrN/c1-5-11-18(3,12-6-2)13-14-20(4)15-16-7-9-17(19)10-8-16/h7-10H,5-6,11-15H2,1-4H3. The molecule has 0 saturated carbocycles. The van der Waals surface area contributed by atoms with Gasteiger partial charge >= 0.3 is 0 Å². The first-order chi connectivity index (χ1) is 9.49. The summed E-state index contributed by atoms with van der Waals surface area (Å²) in [7, 11) is 2.24. The minimum atomic E-state index is 0.525. The number of hydrogen-bond acceptors (Lipinski definition) is 1. The second-order valence-electron chi connectivity index (χ2n) is 6.42. The molecule has 0 aromatic heterocycles. The molecule has 0 aliphatic heterocycles. The van der Waals surface area contributed by atoms with E-state index in [1.165, 1.54) is 44.2 Å². The average molecular weight is 340 g/mol. The first kappa shape index (κ1) is 17.7. The fraction of sp³-hybridized carbons (Fsp3) is 0.667. The predicted octanol–water partition coefficient (Wildman–Crippen LogP) is 5.88. The number of benzene rings is 1. The molecule has 0 spiro atoms. The predicted molar refractivity (Wildman–Crippen MR) is 93.0 cm³/mol. The van der Waals surface area contributed by atoms with Gasteiger partial charge in [0.15, 0.2) is 0 Å². The lowest BCUT2D eigenvalue weighted by Gasteiger charge is -2.31. The smallest absolute Gasteiger partial charge is 0.0230 e. The summed E-state index contributed by atoms with van der Waals surface area (Å²) in [6, 6.07) is 8.67. The molecule has 0 amide bonds. The van der Waals surface area contributed by atoms with Crippen LogP contribution in [0.15, 0.2) is 28.7 Å². The topological polar surface area (TPSA) is 3.24 Å². The van der Waals surface area contributed by atoms with E-state index in [1.54, 1.807) is 0 Å². The summed E-state index contributed by atoms with van der Waals surface area (Å²) in [5.41, 5.74) is 1.92. The SMILES string of the molecule is CCCC(C)(CCC)CCN(C)Cc1ccc(Br)cc1. The lowest BCUT2D eigenvalue weighted by Crippen LogP contribution is -2.26. The molecule has 1 nitrogen and oxygen atoms in total. The third kappa shape index (κ3) is 6.41. The minimum absolute atomic E-state index is 0.525. The fourth-order valence-electron chi connectivity index (χ4n) is 3.02. The highest BCUT2D eigenvalue weighted by Gasteiger charge is 2.22. The van der Waals surface area contributed by atoms with Crippen LogP contribution in [-0.2, 0) is 6.54 Å². The summed E-state index contributed by atoms with van der Waals surface area (Å²) in [5, 5.41) is 0. The van der Waals surface area contributed by atoms with Crippen LogP contribution in [0.1, 0.15) is 58.4 Å². The van der Waals surface area contributed by atoms with Gasteiger partial charge < -0.3 is 4.90 Å². The quantitative estimate of drug-likeness (QED) is 0.543. The largest absolute Gasteiger partial charge is 0.302 e. The molecule has 0 atom stereocenters. The van der Waals surface area contributed by atoms with Crippen LogP contribution in [0.25, 0.3) is 0 Å². The molecule has 0 radical (unpaired) electrons. The molecule has 0 unspecified atom stereocenters. The Balaban J connectivity index is 2.44. The third-order valence-corrected chi connectivity index (χ3v) is 4.70. The Kier molecular flexibility index (Phi) is 7.83. The Hall–Kier alpha value is -0.340. The molecule has 1 aromatic rings. The van der Waals surface area contributed by atoms with Crippen molar-refractivity contribution in [2.24, 2.45) is 5.41 Å². The van der Waals surface area contributed by atoms with Gasteiger partial charge in [0.05, 0.1) is 0 Å². The molecule has 114 valence electrons.